The first-order valence-corrected chi connectivity index (χ1v) is 14.8. The highest BCUT2D eigenvalue weighted by Gasteiger charge is 2.35. The van der Waals surface area contributed by atoms with E-state index >= 15 is 0 Å². The molecule has 0 radical (unpaired) electrons. The van der Waals surface area contributed by atoms with Gasteiger partial charge in [-0.25, -0.2) is 8.42 Å². The lowest BCUT2D eigenvalue weighted by molar-refractivity contribution is -0.113. The van der Waals surface area contributed by atoms with Crippen LogP contribution in [0.25, 0.3) is 6.08 Å². The maximum atomic E-state index is 13.3. The predicted molar refractivity (Wildman–Crippen MR) is 155 cm³/mol. The monoisotopic (exact) mass is 544 g/mol. The van der Waals surface area contributed by atoms with E-state index in [1.165, 1.54) is 11.8 Å². The number of sulfonamides is 1. The van der Waals surface area contributed by atoms with Gasteiger partial charge in [0.05, 0.1) is 21.2 Å². The van der Waals surface area contributed by atoms with E-state index in [1.807, 2.05) is 73.7 Å². The Morgan fingerprint density at radius 1 is 0.868 bits per heavy atom. The van der Waals surface area contributed by atoms with E-state index in [1.54, 1.807) is 33.5 Å². The summed E-state index contributed by atoms with van der Waals surface area (Å²) in [6.07, 6.45) is 4.71. The molecule has 194 valence electrons. The van der Waals surface area contributed by atoms with Crippen molar-refractivity contribution >= 4 is 50.3 Å². The molecule has 0 bridgehead atoms. The summed E-state index contributed by atoms with van der Waals surface area (Å²) in [6, 6.07) is 25.8. The van der Waals surface area contributed by atoms with Crippen molar-refractivity contribution in [3.63, 3.8) is 0 Å². The molecule has 0 unspecified atom stereocenters. The normalized spacial score (nSPS) is 19.4. The predicted octanol–water partition coefficient (Wildman–Crippen LogP) is 5.76. The van der Waals surface area contributed by atoms with E-state index in [0.29, 0.717) is 34.6 Å². The van der Waals surface area contributed by atoms with Crippen LogP contribution in [0.4, 0.5) is 5.69 Å². The van der Waals surface area contributed by atoms with Crippen LogP contribution in [0.3, 0.4) is 0 Å². The summed E-state index contributed by atoms with van der Waals surface area (Å²) in [5, 5.41) is 9.31. The number of nitrogens with zero attached hydrogens (tertiary/aromatic N) is 4. The maximum Gasteiger partial charge on any atom is 0.271 e. The van der Waals surface area contributed by atoms with Crippen LogP contribution in [0.15, 0.2) is 105 Å². The summed E-state index contributed by atoms with van der Waals surface area (Å²) in [7, 11) is -3.49. The van der Waals surface area contributed by atoms with Crippen LogP contribution in [0, 0.1) is 0 Å². The second kappa shape index (κ2) is 11.5. The molecule has 0 atom stereocenters. The standard InChI is InChI=1S/C29H28N4O3S2/c1-22(24-15-17-26(18-16-24)38(35,36)32-19-9-4-10-20-32)30-31-29-33(25-13-7-3-8-14-25)28(34)27(37-29)21-23-11-5-2-6-12-23/h2-3,5-8,11-18,21H,4,9-10,19-20H2,1H3/b27-21+,30-22+,31-29-. The van der Waals surface area contributed by atoms with Crippen molar-refractivity contribution < 1.29 is 13.2 Å². The first-order valence-electron chi connectivity index (χ1n) is 12.5. The first-order chi connectivity index (χ1) is 18.4. The molecule has 0 aliphatic carbocycles. The Morgan fingerprint density at radius 3 is 2.16 bits per heavy atom. The molecule has 9 heteroatoms. The Morgan fingerprint density at radius 2 is 1.50 bits per heavy atom. The van der Waals surface area contributed by atoms with Crippen LogP contribution >= 0.6 is 11.8 Å². The Hall–Kier alpha value is -3.53. The molecule has 3 aromatic carbocycles. The molecule has 2 fully saturated rings. The van der Waals surface area contributed by atoms with Crippen molar-refractivity contribution in [2.24, 2.45) is 10.2 Å². The molecule has 38 heavy (non-hydrogen) atoms. The summed E-state index contributed by atoms with van der Waals surface area (Å²) < 4.78 is 27.5. The highest BCUT2D eigenvalue weighted by molar-refractivity contribution is 8.19. The van der Waals surface area contributed by atoms with Gasteiger partial charge < -0.3 is 0 Å². The largest absolute Gasteiger partial charge is 0.271 e. The van der Waals surface area contributed by atoms with Gasteiger partial charge in [-0.15, -0.1) is 5.10 Å². The van der Waals surface area contributed by atoms with Crippen molar-refractivity contribution in [1.29, 1.82) is 0 Å². The van der Waals surface area contributed by atoms with E-state index < -0.39 is 10.0 Å². The fourth-order valence-corrected chi connectivity index (χ4v) is 6.79. The molecular formula is C29H28N4O3S2. The zero-order valence-electron chi connectivity index (χ0n) is 21.0. The van der Waals surface area contributed by atoms with Gasteiger partial charge in [0.15, 0.2) is 0 Å². The van der Waals surface area contributed by atoms with Gasteiger partial charge in [-0.2, -0.15) is 9.41 Å². The zero-order chi connectivity index (χ0) is 26.5. The van der Waals surface area contributed by atoms with E-state index in [4.69, 9.17) is 0 Å². The van der Waals surface area contributed by atoms with E-state index in [9.17, 15) is 13.2 Å². The van der Waals surface area contributed by atoms with Crippen molar-refractivity contribution in [3.8, 4) is 0 Å². The number of benzene rings is 3. The molecule has 5 rings (SSSR count). The lowest BCUT2D eigenvalue weighted by Gasteiger charge is -2.25. The fourth-order valence-electron chi connectivity index (χ4n) is 4.34. The van der Waals surface area contributed by atoms with E-state index in [-0.39, 0.29) is 10.8 Å². The molecule has 2 aliphatic rings. The number of amides is 1. The van der Waals surface area contributed by atoms with Crippen LogP contribution in [0.5, 0.6) is 0 Å². The Balaban J connectivity index is 1.41. The van der Waals surface area contributed by atoms with Gasteiger partial charge in [-0.1, -0.05) is 67.1 Å². The quantitative estimate of drug-likeness (QED) is 0.224. The molecule has 2 heterocycles. The molecule has 0 spiro atoms. The number of carbonyl (C=O) groups is 1. The zero-order valence-corrected chi connectivity index (χ0v) is 22.7. The average Bonchev–Trinajstić information content (AvgIpc) is 3.27. The lowest BCUT2D eigenvalue weighted by Crippen LogP contribution is -2.35. The van der Waals surface area contributed by atoms with Crippen molar-refractivity contribution in [1.82, 2.24) is 4.31 Å². The van der Waals surface area contributed by atoms with Gasteiger partial charge in [0, 0.05) is 13.1 Å². The number of anilines is 1. The van der Waals surface area contributed by atoms with Gasteiger partial charge in [-0.3, -0.25) is 9.69 Å². The third kappa shape index (κ3) is 5.65. The molecule has 2 saturated heterocycles. The van der Waals surface area contributed by atoms with Gasteiger partial charge in [0.25, 0.3) is 5.91 Å². The second-order valence-electron chi connectivity index (χ2n) is 9.05. The van der Waals surface area contributed by atoms with E-state index in [0.717, 1.165) is 30.4 Å². The fraction of sp³-hybridized carbons (Fsp3) is 0.207. The third-order valence-corrected chi connectivity index (χ3v) is 9.30. The molecule has 7 nitrogen and oxygen atoms in total. The molecule has 0 N–H and O–H groups in total. The molecular weight excluding hydrogens is 516 g/mol. The Kier molecular flexibility index (Phi) is 7.87. The smallest absolute Gasteiger partial charge is 0.268 e. The number of rotatable bonds is 6. The van der Waals surface area contributed by atoms with E-state index in [2.05, 4.69) is 10.2 Å². The van der Waals surface area contributed by atoms with Crippen LogP contribution < -0.4 is 4.90 Å². The van der Waals surface area contributed by atoms with Crippen LogP contribution in [0.2, 0.25) is 0 Å². The van der Waals surface area contributed by atoms with Crippen molar-refractivity contribution in [2.75, 3.05) is 18.0 Å². The number of hydrogen-bond acceptors (Lipinski definition) is 6. The molecule has 2 aliphatic heterocycles. The minimum atomic E-state index is -3.49. The number of piperidine rings is 1. The first kappa shape index (κ1) is 26.1. The van der Waals surface area contributed by atoms with Gasteiger partial charge in [-0.05, 0) is 73.0 Å². The second-order valence-corrected chi connectivity index (χ2v) is 12.0. The minimum Gasteiger partial charge on any atom is -0.268 e. The topological polar surface area (TPSA) is 82.4 Å². The maximum absolute atomic E-state index is 13.3. The van der Waals surface area contributed by atoms with Crippen molar-refractivity contribution in [3.05, 3.63) is 101 Å². The summed E-state index contributed by atoms with van der Waals surface area (Å²) in [5.41, 5.74) is 3.01. The number of carbonyl (C=O) groups excluding carboxylic acids is 1. The SMILES string of the molecule is C/C(=N\N=C1/S/C(=C/c2ccccc2)C(=O)N1c1ccccc1)c1ccc(S(=O)(=O)N2CCCCC2)cc1. The molecule has 3 aromatic rings. The third-order valence-electron chi connectivity index (χ3n) is 6.43. The van der Waals surface area contributed by atoms with Gasteiger partial charge in [0.1, 0.15) is 0 Å². The number of para-hydroxylation sites is 1. The van der Waals surface area contributed by atoms with Gasteiger partial charge >= 0.3 is 0 Å². The van der Waals surface area contributed by atoms with Gasteiger partial charge in [0.2, 0.25) is 15.2 Å². The number of amidine groups is 1. The van der Waals surface area contributed by atoms with Crippen LogP contribution in [-0.2, 0) is 14.8 Å². The highest BCUT2D eigenvalue weighted by atomic mass is 32.2. The molecule has 0 saturated carbocycles. The summed E-state index contributed by atoms with van der Waals surface area (Å²) in [6.45, 7) is 2.95. The summed E-state index contributed by atoms with van der Waals surface area (Å²) in [4.78, 5) is 15.7. The summed E-state index contributed by atoms with van der Waals surface area (Å²) >= 11 is 1.27. The Labute approximate surface area is 227 Å². The Bertz CT molecular complexity index is 1490. The van der Waals surface area contributed by atoms with Crippen molar-refractivity contribution in [2.45, 2.75) is 31.1 Å². The average molecular weight is 545 g/mol. The number of thioether (sulfide) groups is 1. The molecule has 1 amide bonds. The number of hydrogen-bond donors (Lipinski definition) is 0. The minimum absolute atomic E-state index is 0.163. The van der Waals surface area contributed by atoms with Crippen LogP contribution in [-0.4, -0.2) is 42.6 Å². The lowest BCUT2D eigenvalue weighted by atomic mass is 10.1. The molecule has 0 aromatic heterocycles. The summed E-state index contributed by atoms with van der Waals surface area (Å²) in [5.74, 6) is -0.163. The highest BCUT2D eigenvalue weighted by Crippen LogP contribution is 2.36. The van der Waals surface area contributed by atoms with Crippen LogP contribution in [0.1, 0.15) is 37.3 Å².